The van der Waals surface area contributed by atoms with E-state index in [4.69, 9.17) is 4.74 Å². The number of ether oxygens (including phenoxy) is 1. The topological polar surface area (TPSA) is 26.3 Å². The van der Waals surface area contributed by atoms with Gasteiger partial charge in [-0.1, -0.05) is 38.2 Å². The number of Topliss-reactive ketones (excluding diaryl/α,β-unsaturated/α-hetero) is 1. The van der Waals surface area contributed by atoms with Gasteiger partial charge in [-0.3, -0.25) is 4.79 Å². The number of hydrogen-bond acceptors (Lipinski definition) is 2. The predicted octanol–water partition coefficient (Wildman–Crippen LogP) is 4.19. The summed E-state index contributed by atoms with van der Waals surface area (Å²) in [7, 11) is 1.72. The summed E-state index contributed by atoms with van der Waals surface area (Å²) in [5.74, 6) is 0.300. The molecule has 1 saturated carbocycles. The molecule has 2 aliphatic rings. The van der Waals surface area contributed by atoms with E-state index in [2.05, 4.69) is 6.08 Å². The van der Waals surface area contributed by atoms with E-state index in [9.17, 15) is 4.79 Å². The summed E-state index contributed by atoms with van der Waals surface area (Å²) in [5.41, 5.74) is 0.559. The molecule has 2 aliphatic carbocycles. The Bertz CT molecular complexity index is 309. The summed E-state index contributed by atoms with van der Waals surface area (Å²) < 4.78 is 5.72. The predicted molar refractivity (Wildman–Crippen MR) is 73.6 cm³/mol. The maximum atomic E-state index is 12.8. The molecule has 2 nitrogen and oxygen atoms in total. The lowest BCUT2D eigenvalue weighted by Crippen LogP contribution is -2.41. The van der Waals surface area contributed by atoms with E-state index in [-0.39, 0.29) is 0 Å². The fourth-order valence-electron chi connectivity index (χ4n) is 3.34. The molecule has 18 heavy (non-hydrogen) atoms. The standard InChI is InChI=1S/C16H26O2/c1-18-16(12-8-4-5-9-13-16)15(17)14-10-6-2-3-7-11-14/h10H,2-9,11-13H2,1H3. The van der Waals surface area contributed by atoms with Crippen LogP contribution in [0.5, 0.6) is 0 Å². The lowest BCUT2D eigenvalue weighted by Gasteiger charge is -2.30. The van der Waals surface area contributed by atoms with Crippen molar-refractivity contribution in [1.82, 2.24) is 0 Å². The molecule has 0 aromatic rings. The first kappa shape index (κ1) is 13.8. The van der Waals surface area contributed by atoms with Crippen molar-refractivity contribution >= 4 is 5.78 Å². The zero-order valence-electron chi connectivity index (χ0n) is 11.7. The van der Waals surface area contributed by atoms with Gasteiger partial charge in [-0.05, 0) is 44.1 Å². The number of carbonyl (C=O) groups excluding carboxylic acids is 1. The molecule has 0 heterocycles. The zero-order chi connectivity index (χ0) is 12.8. The summed E-state index contributed by atoms with van der Waals surface area (Å²) in [6.45, 7) is 0. The maximum Gasteiger partial charge on any atom is 0.190 e. The minimum absolute atomic E-state index is 0.300. The maximum absolute atomic E-state index is 12.8. The van der Waals surface area contributed by atoms with Crippen LogP contribution in [-0.2, 0) is 9.53 Å². The molecule has 0 aliphatic heterocycles. The van der Waals surface area contributed by atoms with Crippen LogP contribution < -0.4 is 0 Å². The van der Waals surface area contributed by atoms with E-state index in [1.54, 1.807) is 7.11 Å². The van der Waals surface area contributed by atoms with Crippen molar-refractivity contribution in [3.05, 3.63) is 11.6 Å². The molecule has 0 spiro atoms. The van der Waals surface area contributed by atoms with E-state index in [1.165, 1.54) is 25.7 Å². The average Bonchev–Trinajstić information content (AvgIpc) is 2.81. The number of allylic oxidation sites excluding steroid dienone is 1. The monoisotopic (exact) mass is 250 g/mol. The van der Waals surface area contributed by atoms with Gasteiger partial charge in [0.15, 0.2) is 5.78 Å². The van der Waals surface area contributed by atoms with Crippen LogP contribution in [0.1, 0.15) is 70.6 Å². The Labute approximate surface area is 111 Å². The molecule has 0 aromatic carbocycles. The van der Waals surface area contributed by atoms with Crippen molar-refractivity contribution < 1.29 is 9.53 Å². The van der Waals surface area contributed by atoms with E-state index in [1.807, 2.05) is 0 Å². The van der Waals surface area contributed by atoms with Crippen LogP contribution in [0.25, 0.3) is 0 Å². The van der Waals surface area contributed by atoms with Gasteiger partial charge in [-0.2, -0.15) is 0 Å². The highest BCUT2D eigenvalue weighted by molar-refractivity contribution is 6.01. The van der Waals surface area contributed by atoms with Crippen molar-refractivity contribution in [3.63, 3.8) is 0 Å². The second kappa shape index (κ2) is 6.51. The SMILES string of the molecule is COC1(C(=O)C2=CCCCCC2)CCCCCC1. The lowest BCUT2D eigenvalue weighted by molar-refractivity contribution is -0.138. The van der Waals surface area contributed by atoms with Gasteiger partial charge in [-0.15, -0.1) is 0 Å². The third kappa shape index (κ3) is 3.03. The average molecular weight is 250 g/mol. The quantitative estimate of drug-likeness (QED) is 0.702. The molecule has 0 saturated heterocycles. The third-order valence-corrected chi connectivity index (χ3v) is 4.55. The number of methoxy groups -OCH3 is 1. The Morgan fingerprint density at radius 3 is 2.39 bits per heavy atom. The van der Waals surface area contributed by atoms with Crippen LogP contribution in [-0.4, -0.2) is 18.5 Å². The van der Waals surface area contributed by atoms with Crippen molar-refractivity contribution in [2.24, 2.45) is 0 Å². The zero-order valence-corrected chi connectivity index (χ0v) is 11.7. The first-order valence-electron chi connectivity index (χ1n) is 7.57. The molecule has 1 fully saturated rings. The molecule has 0 aromatic heterocycles. The van der Waals surface area contributed by atoms with E-state index in [0.717, 1.165) is 50.5 Å². The number of ketones is 1. The Morgan fingerprint density at radius 1 is 1.06 bits per heavy atom. The van der Waals surface area contributed by atoms with Gasteiger partial charge in [0, 0.05) is 7.11 Å². The van der Waals surface area contributed by atoms with Crippen LogP contribution in [0.15, 0.2) is 11.6 Å². The Morgan fingerprint density at radius 2 is 1.72 bits per heavy atom. The molecular formula is C16H26O2. The summed E-state index contributed by atoms with van der Waals surface area (Å²) in [5, 5.41) is 0. The van der Waals surface area contributed by atoms with E-state index in [0.29, 0.717) is 5.78 Å². The second-order valence-electron chi connectivity index (χ2n) is 5.77. The Hall–Kier alpha value is -0.630. The number of rotatable bonds is 3. The van der Waals surface area contributed by atoms with E-state index < -0.39 is 5.60 Å². The lowest BCUT2D eigenvalue weighted by atomic mass is 9.84. The van der Waals surface area contributed by atoms with Gasteiger partial charge in [0.1, 0.15) is 5.60 Å². The molecule has 2 rings (SSSR count). The molecule has 2 heteroatoms. The van der Waals surface area contributed by atoms with Gasteiger partial charge < -0.3 is 4.74 Å². The fourth-order valence-corrected chi connectivity index (χ4v) is 3.34. The molecule has 0 radical (unpaired) electrons. The Balaban J connectivity index is 2.14. The van der Waals surface area contributed by atoms with Crippen LogP contribution in [0.4, 0.5) is 0 Å². The van der Waals surface area contributed by atoms with E-state index >= 15 is 0 Å². The second-order valence-corrected chi connectivity index (χ2v) is 5.77. The smallest absolute Gasteiger partial charge is 0.190 e. The minimum Gasteiger partial charge on any atom is -0.370 e. The normalized spacial score (nSPS) is 24.8. The Kier molecular flexibility index (Phi) is 4.99. The first-order valence-corrected chi connectivity index (χ1v) is 7.57. The van der Waals surface area contributed by atoms with Crippen LogP contribution in [0, 0.1) is 0 Å². The van der Waals surface area contributed by atoms with Gasteiger partial charge in [0.25, 0.3) is 0 Å². The van der Waals surface area contributed by atoms with Gasteiger partial charge in [0.2, 0.25) is 0 Å². The fraction of sp³-hybridized carbons (Fsp3) is 0.812. The minimum atomic E-state index is -0.493. The van der Waals surface area contributed by atoms with Gasteiger partial charge in [-0.25, -0.2) is 0 Å². The number of carbonyl (C=O) groups is 1. The van der Waals surface area contributed by atoms with Crippen molar-refractivity contribution in [2.45, 2.75) is 76.2 Å². The van der Waals surface area contributed by atoms with Crippen molar-refractivity contribution in [1.29, 1.82) is 0 Å². The van der Waals surface area contributed by atoms with Crippen LogP contribution in [0.2, 0.25) is 0 Å². The van der Waals surface area contributed by atoms with Gasteiger partial charge >= 0.3 is 0 Å². The van der Waals surface area contributed by atoms with Gasteiger partial charge in [0.05, 0.1) is 0 Å². The molecule has 0 bridgehead atoms. The first-order chi connectivity index (χ1) is 8.78. The molecule has 102 valence electrons. The van der Waals surface area contributed by atoms with Crippen molar-refractivity contribution in [3.8, 4) is 0 Å². The highest BCUT2D eigenvalue weighted by Crippen LogP contribution is 2.34. The summed E-state index contributed by atoms with van der Waals surface area (Å²) >= 11 is 0. The third-order valence-electron chi connectivity index (χ3n) is 4.55. The highest BCUT2D eigenvalue weighted by Gasteiger charge is 2.39. The molecule has 0 unspecified atom stereocenters. The molecule has 0 amide bonds. The molecular weight excluding hydrogens is 224 g/mol. The van der Waals surface area contributed by atoms with Crippen LogP contribution in [0.3, 0.4) is 0 Å². The summed E-state index contributed by atoms with van der Waals surface area (Å²) in [6.07, 6.45) is 14.5. The largest absolute Gasteiger partial charge is 0.370 e. The van der Waals surface area contributed by atoms with Crippen molar-refractivity contribution in [2.75, 3.05) is 7.11 Å². The highest BCUT2D eigenvalue weighted by atomic mass is 16.5. The summed E-state index contributed by atoms with van der Waals surface area (Å²) in [6, 6.07) is 0. The number of hydrogen-bond donors (Lipinski definition) is 0. The molecule has 0 N–H and O–H groups in total. The molecule has 0 atom stereocenters. The van der Waals surface area contributed by atoms with Crippen LogP contribution >= 0.6 is 0 Å². The summed E-state index contributed by atoms with van der Waals surface area (Å²) in [4.78, 5) is 12.8.